The Labute approximate surface area is 167 Å². The Morgan fingerprint density at radius 3 is 2.24 bits per heavy atom. The summed E-state index contributed by atoms with van der Waals surface area (Å²) in [5, 5.41) is 2.89. The van der Waals surface area contributed by atoms with Crippen LogP contribution in [-0.4, -0.2) is 42.8 Å². The molecule has 0 bridgehead atoms. The number of hydrogen-bond donors (Lipinski definition) is 1. The van der Waals surface area contributed by atoms with E-state index in [-0.39, 0.29) is 24.2 Å². The number of anilines is 1. The molecule has 29 heavy (non-hydrogen) atoms. The molecule has 0 fully saturated rings. The second-order valence-electron chi connectivity index (χ2n) is 7.03. The number of benzene rings is 2. The number of ketones is 2. The molecule has 2 aliphatic rings. The Hall–Kier alpha value is -3.48. The van der Waals surface area contributed by atoms with Crippen molar-refractivity contribution in [3.63, 3.8) is 0 Å². The van der Waals surface area contributed by atoms with Crippen molar-refractivity contribution >= 4 is 29.2 Å². The van der Waals surface area contributed by atoms with Crippen LogP contribution in [0.1, 0.15) is 33.2 Å². The molecule has 0 radical (unpaired) electrons. The van der Waals surface area contributed by atoms with Gasteiger partial charge in [0.2, 0.25) is 11.3 Å². The van der Waals surface area contributed by atoms with E-state index in [1.165, 1.54) is 0 Å². The molecule has 0 amide bonds. The Morgan fingerprint density at radius 2 is 1.62 bits per heavy atom. The van der Waals surface area contributed by atoms with Gasteiger partial charge < -0.3 is 14.8 Å². The van der Waals surface area contributed by atoms with Crippen molar-refractivity contribution in [1.82, 2.24) is 0 Å². The molecule has 0 saturated carbocycles. The Kier molecular flexibility index (Phi) is 4.26. The topological polar surface area (TPSA) is 98.8 Å². The highest BCUT2D eigenvalue weighted by molar-refractivity contribution is 6.33. The predicted octanol–water partition coefficient (Wildman–Crippen LogP) is 2.20. The molecule has 7 nitrogen and oxygen atoms in total. The monoisotopic (exact) mass is 393 g/mol. The van der Waals surface area contributed by atoms with Gasteiger partial charge in [-0.1, -0.05) is 36.4 Å². The van der Waals surface area contributed by atoms with E-state index in [4.69, 9.17) is 9.47 Å². The number of Topliss-reactive ketones (excluding diaryl/α,β-unsaturated/α-hetero) is 2. The molecular formula is C22H19NO6. The lowest BCUT2D eigenvalue weighted by Gasteiger charge is -2.39. The van der Waals surface area contributed by atoms with Crippen LogP contribution in [0.25, 0.3) is 0 Å². The highest BCUT2D eigenvalue weighted by Crippen LogP contribution is 2.52. The van der Waals surface area contributed by atoms with Crippen molar-refractivity contribution in [2.75, 3.05) is 19.0 Å². The van der Waals surface area contributed by atoms with Crippen LogP contribution in [0.4, 0.5) is 5.69 Å². The van der Waals surface area contributed by atoms with Crippen LogP contribution in [0.5, 0.6) is 0 Å². The van der Waals surface area contributed by atoms with Gasteiger partial charge in [-0.3, -0.25) is 14.4 Å². The van der Waals surface area contributed by atoms with Crippen LogP contribution < -0.4 is 5.32 Å². The summed E-state index contributed by atoms with van der Waals surface area (Å²) in [6.07, 6.45) is -0.150. The maximum absolute atomic E-state index is 13.6. The van der Waals surface area contributed by atoms with Gasteiger partial charge in [-0.25, -0.2) is 4.79 Å². The van der Waals surface area contributed by atoms with Crippen LogP contribution in [0.15, 0.2) is 48.5 Å². The third-order valence-electron chi connectivity index (χ3n) is 5.70. The minimum absolute atomic E-state index is 0.0113. The standard InChI is InChI=1S/C22H19NO6/c1-3-29-19(26)21(12-13-8-4-5-9-14(13)17(21)24)22(20(27)28-2)18(25)15-10-6-7-11-16(15)23-22/h4-11,23H,3,12H2,1-2H3/t21-,22-/m0/s1. The molecule has 1 heterocycles. The molecular weight excluding hydrogens is 374 g/mol. The van der Waals surface area contributed by atoms with Gasteiger partial charge >= 0.3 is 11.9 Å². The fraction of sp³-hybridized carbons (Fsp3) is 0.273. The summed E-state index contributed by atoms with van der Waals surface area (Å²) >= 11 is 0. The van der Waals surface area contributed by atoms with E-state index in [2.05, 4.69) is 5.32 Å². The first-order valence-electron chi connectivity index (χ1n) is 9.24. The third kappa shape index (κ3) is 2.24. The molecule has 2 aromatic rings. The molecule has 0 aromatic heterocycles. The summed E-state index contributed by atoms with van der Waals surface area (Å²) in [6, 6.07) is 13.2. The van der Waals surface area contributed by atoms with Crippen LogP contribution in [0, 0.1) is 5.41 Å². The molecule has 2 aromatic carbocycles. The summed E-state index contributed by atoms with van der Waals surface area (Å²) in [5.41, 5.74) is -2.95. The first-order chi connectivity index (χ1) is 13.9. The SMILES string of the molecule is CCOC(=O)[C@]1([C@]2(C(=O)OC)Nc3ccccc3C2=O)Cc2ccccc2C1=O. The molecule has 1 aliphatic carbocycles. The summed E-state index contributed by atoms with van der Waals surface area (Å²) in [4.78, 5) is 53.7. The second kappa shape index (κ2) is 6.55. The molecule has 1 aliphatic heterocycles. The fourth-order valence-electron chi connectivity index (χ4n) is 4.39. The highest BCUT2D eigenvalue weighted by atomic mass is 16.5. The number of methoxy groups -OCH3 is 1. The van der Waals surface area contributed by atoms with E-state index in [9.17, 15) is 19.2 Å². The van der Waals surface area contributed by atoms with Crippen molar-refractivity contribution in [1.29, 1.82) is 0 Å². The molecule has 0 saturated heterocycles. The van der Waals surface area contributed by atoms with E-state index in [1.54, 1.807) is 55.5 Å². The average Bonchev–Trinajstić information content (AvgIpc) is 3.21. The van der Waals surface area contributed by atoms with Crippen molar-refractivity contribution in [2.45, 2.75) is 18.9 Å². The normalized spacial score (nSPS) is 24.5. The number of para-hydroxylation sites is 1. The molecule has 0 spiro atoms. The Morgan fingerprint density at radius 1 is 0.966 bits per heavy atom. The van der Waals surface area contributed by atoms with Gasteiger partial charge in [-0.05, 0) is 24.6 Å². The molecule has 4 rings (SSSR count). The maximum atomic E-state index is 13.6. The molecule has 7 heteroatoms. The Bertz CT molecular complexity index is 1060. The number of rotatable bonds is 4. The third-order valence-corrected chi connectivity index (χ3v) is 5.70. The summed E-state index contributed by atoms with van der Waals surface area (Å²) in [5.74, 6) is -3.26. The lowest BCUT2D eigenvalue weighted by molar-refractivity contribution is -0.162. The fourth-order valence-corrected chi connectivity index (χ4v) is 4.39. The van der Waals surface area contributed by atoms with E-state index >= 15 is 0 Å². The second-order valence-corrected chi connectivity index (χ2v) is 7.03. The van der Waals surface area contributed by atoms with E-state index < -0.39 is 34.5 Å². The van der Waals surface area contributed by atoms with Crippen LogP contribution >= 0.6 is 0 Å². The predicted molar refractivity (Wildman–Crippen MR) is 103 cm³/mol. The number of fused-ring (bicyclic) bond motifs is 2. The molecule has 2 atom stereocenters. The minimum Gasteiger partial charge on any atom is -0.467 e. The number of nitrogens with one attached hydrogen (secondary N) is 1. The smallest absolute Gasteiger partial charge is 0.341 e. The van der Waals surface area contributed by atoms with Crippen molar-refractivity contribution in [2.24, 2.45) is 5.41 Å². The maximum Gasteiger partial charge on any atom is 0.341 e. The lowest BCUT2D eigenvalue weighted by Crippen LogP contribution is -2.68. The minimum atomic E-state index is -2.26. The zero-order chi connectivity index (χ0) is 20.8. The Balaban J connectivity index is 2.01. The number of hydrogen-bond acceptors (Lipinski definition) is 7. The van der Waals surface area contributed by atoms with Gasteiger partial charge in [-0.15, -0.1) is 0 Å². The van der Waals surface area contributed by atoms with Crippen molar-refractivity contribution in [3.05, 3.63) is 65.2 Å². The number of carbonyl (C=O) groups excluding carboxylic acids is 4. The highest BCUT2D eigenvalue weighted by Gasteiger charge is 2.75. The molecule has 1 N–H and O–H groups in total. The lowest BCUT2D eigenvalue weighted by atomic mass is 9.64. The number of esters is 2. The zero-order valence-electron chi connectivity index (χ0n) is 16.0. The van der Waals surface area contributed by atoms with Crippen LogP contribution in [-0.2, 0) is 25.5 Å². The first kappa shape index (κ1) is 18.9. The molecule has 148 valence electrons. The quantitative estimate of drug-likeness (QED) is 0.628. The van der Waals surface area contributed by atoms with E-state index in [0.717, 1.165) is 7.11 Å². The van der Waals surface area contributed by atoms with Gasteiger partial charge in [0.15, 0.2) is 11.2 Å². The molecule has 0 unspecified atom stereocenters. The number of ether oxygens (including phenoxy) is 2. The summed E-state index contributed by atoms with van der Waals surface area (Å²) < 4.78 is 10.2. The van der Waals surface area contributed by atoms with Crippen molar-refractivity contribution < 1.29 is 28.7 Å². The largest absolute Gasteiger partial charge is 0.467 e. The van der Waals surface area contributed by atoms with Crippen LogP contribution in [0.2, 0.25) is 0 Å². The summed E-state index contributed by atoms with van der Waals surface area (Å²) in [7, 11) is 1.12. The van der Waals surface area contributed by atoms with E-state index in [1.807, 2.05) is 0 Å². The van der Waals surface area contributed by atoms with Gasteiger partial charge in [0.1, 0.15) is 0 Å². The number of carbonyl (C=O) groups is 4. The van der Waals surface area contributed by atoms with Gasteiger partial charge in [0.05, 0.1) is 13.7 Å². The average molecular weight is 393 g/mol. The van der Waals surface area contributed by atoms with Crippen molar-refractivity contribution in [3.8, 4) is 0 Å². The van der Waals surface area contributed by atoms with E-state index in [0.29, 0.717) is 11.3 Å². The zero-order valence-corrected chi connectivity index (χ0v) is 16.0. The van der Waals surface area contributed by atoms with Gasteiger partial charge in [0.25, 0.3) is 0 Å². The van der Waals surface area contributed by atoms with Crippen LogP contribution in [0.3, 0.4) is 0 Å². The summed E-state index contributed by atoms with van der Waals surface area (Å²) in [6.45, 7) is 1.59. The van der Waals surface area contributed by atoms with Gasteiger partial charge in [-0.2, -0.15) is 0 Å². The first-order valence-corrected chi connectivity index (χ1v) is 9.24. The van der Waals surface area contributed by atoms with Gasteiger partial charge in [0, 0.05) is 23.2 Å².